The minimum atomic E-state index is 0.823. The maximum atomic E-state index is 2.82. The summed E-state index contributed by atoms with van der Waals surface area (Å²) in [6.45, 7) is 3.88. The van der Waals surface area contributed by atoms with Gasteiger partial charge < -0.3 is 0 Å². The van der Waals surface area contributed by atoms with Gasteiger partial charge in [0.25, 0.3) is 0 Å². The molecule has 0 saturated carbocycles. The summed E-state index contributed by atoms with van der Waals surface area (Å²) in [5.74, 6) is 21.2. The van der Waals surface area contributed by atoms with E-state index in [1.54, 1.807) is 6.08 Å². The van der Waals surface area contributed by atoms with Crippen LogP contribution in [0.15, 0.2) is 12.2 Å². The zero-order valence-corrected chi connectivity index (χ0v) is 7.86. The molecule has 0 nitrogen and oxygen atoms in total. The number of hydrogen-bond donors (Lipinski definition) is 0. The molecule has 0 unspecified atom stereocenters. The van der Waals surface area contributed by atoms with E-state index in [1.807, 2.05) is 19.9 Å². The molecule has 0 saturated heterocycles. The Morgan fingerprint density at radius 1 is 0.923 bits per heavy atom. The van der Waals surface area contributed by atoms with E-state index >= 15 is 0 Å². The standard InChI is InChI=1S/C13H10/c1-3-5-7-9-11-13-12-10-8-6-4-2/h3,5H,4H2,1-2H3. The lowest BCUT2D eigenvalue weighted by Crippen LogP contribution is -1.55. The van der Waals surface area contributed by atoms with Crippen LogP contribution in [0.2, 0.25) is 0 Å². The second-order valence-electron chi connectivity index (χ2n) is 1.92. The molecular weight excluding hydrogens is 156 g/mol. The van der Waals surface area contributed by atoms with E-state index < -0.39 is 0 Å². The van der Waals surface area contributed by atoms with Gasteiger partial charge in [0, 0.05) is 6.42 Å². The van der Waals surface area contributed by atoms with Crippen LogP contribution >= 0.6 is 0 Å². The highest BCUT2D eigenvalue weighted by Crippen LogP contribution is 1.65. The SMILES string of the molecule is CC=CC#CC#CC#CC#CCC. The maximum absolute atomic E-state index is 2.82. The molecule has 0 aromatic heterocycles. The van der Waals surface area contributed by atoms with E-state index in [0.29, 0.717) is 0 Å². The molecule has 0 aliphatic heterocycles. The van der Waals surface area contributed by atoms with Gasteiger partial charge in [-0.3, -0.25) is 0 Å². The fraction of sp³-hybridized carbons (Fsp3) is 0.231. The largest absolute Gasteiger partial charge is 0.0894 e. The first-order chi connectivity index (χ1) is 6.41. The third kappa shape index (κ3) is 9.98. The molecule has 0 fully saturated rings. The van der Waals surface area contributed by atoms with Crippen molar-refractivity contribution in [1.29, 1.82) is 0 Å². The topological polar surface area (TPSA) is 0 Å². The molecule has 0 amide bonds. The monoisotopic (exact) mass is 166 g/mol. The molecule has 0 aliphatic carbocycles. The van der Waals surface area contributed by atoms with Gasteiger partial charge in [-0.15, -0.1) is 0 Å². The quantitative estimate of drug-likeness (QED) is 0.483. The molecule has 0 heteroatoms. The van der Waals surface area contributed by atoms with Gasteiger partial charge in [-0.25, -0.2) is 0 Å². The molecule has 0 aromatic carbocycles. The molecule has 13 heavy (non-hydrogen) atoms. The summed E-state index contributed by atoms with van der Waals surface area (Å²) >= 11 is 0. The van der Waals surface area contributed by atoms with Crippen LogP contribution in [0.25, 0.3) is 0 Å². The molecule has 0 rings (SSSR count). The summed E-state index contributed by atoms with van der Waals surface area (Å²) < 4.78 is 0. The average Bonchev–Trinajstić information content (AvgIpc) is 2.16. The Kier molecular flexibility index (Phi) is 8.43. The van der Waals surface area contributed by atoms with Gasteiger partial charge >= 0.3 is 0 Å². The number of hydrogen-bond acceptors (Lipinski definition) is 0. The zero-order chi connectivity index (χ0) is 9.78. The molecular formula is C13H10. The maximum Gasteiger partial charge on any atom is 0.00704 e. The minimum absolute atomic E-state index is 0.823. The first-order valence-electron chi connectivity index (χ1n) is 4.01. The normalized spacial score (nSPS) is 6.31. The summed E-state index contributed by atoms with van der Waals surface area (Å²) in [6.07, 6.45) is 4.41. The van der Waals surface area contributed by atoms with Crippen molar-refractivity contribution in [2.24, 2.45) is 0 Å². The summed E-state index contributed by atoms with van der Waals surface area (Å²) in [6, 6.07) is 0. The lowest BCUT2D eigenvalue weighted by atomic mass is 10.4. The Labute approximate surface area is 80.4 Å². The molecule has 0 bridgehead atoms. The molecule has 0 aromatic rings. The van der Waals surface area contributed by atoms with Crippen LogP contribution < -0.4 is 0 Å². The lowest BCUT2D eigenvalue weighted by molar-refractivity contribution is 1.28. The van der Waals surface area contributed by atoms with E-state index in [1.165, 1.54) is 0 Å². The van der Waals surface area contributed by atoms with E-state index in [2.05, 4.69) is 47.4 Å². The van der Waals surface area contributed by atoms with Crippen molar-refractivity contribution in [3.8, 4) is 47.4 Å². The van der Waals surface area contributed by atoms with Crippen LogP contribution in [0.1, 0.15) is 20.3 Å². The summed E-state index contributed by atoms with van der Waals surface area (Å²) in [7, 11) is 0. The molecule has 62 valence electrons. The van der Waals surface area contributed by atoms with Crippen LogP contribution in [-0.2, 0) is 0 Å². The summed E-state index contributed by atoms with van der Waals surface area (Å²) in [5.41, 5.74) is 0. The second kappa shape index (κ2) is 9.98. The first kappa shape index (κ1) is 11.0. The zero-order valence-electron chi connectivity index (χ0n) is 7.86. The van der Waals surface area contributed by atoms with Gasteiger partial charge in [0.2, 0.25) is 0 Å². The Morgan fingerprint density at radius 3 is 2.15 bits per heavy atom. The molecule has 0 radical (unpaired) electrons. The van der Waals surface area contributed by atoms with Crippen LogP contribution in [0, 0.1) is 47.4 Å². The molecule has 0 heterocycles. The Morgan fingerprint density at radius 2 is 1.54 bits per heavy atom. The highest BCUT2D eigenvalue weighted by Gasteiger charge is 1.57. The minimum Gasteiger partial charge on any atom is -0.0894 e. The van der Waals surface area contributed by atoms with Gasteiger partial charge in [-0.2, -0.15) is 0 Å². The third-order valence-corrected chi connectivity index (χ3v) is 0.900. The predicted molar refractivity (Wildman–Crippen MR) is 56.2 cm³/mol. The van der Waals surface area contributed by atoms with Crippen molar-refractivity contribution in [3.05, 3.63) is 12.2 Å². The Balaban J connectivity index is 3.99. The smallest absolute Gasteiger partial charge is 0.00704 e. The number of rotatable bonds is 0. The fourth-order valence-electron chi connectivity index (χ4n) is 0.419. The van der Waals surface area contributed by atoms with Gasteiger partial charge in [0.05, 0.1) is 0 Å². The predicted octanol–water partition coefficient (Wildman–Crippen LogP) is 1.99. The third-order valence-electron chi connectivity index (χ3n) is 0.900. The van der Waals surface area contributed by atoms with Crippen LogP contribution in [0.5, 0.6) is 0 Å². The summed E-state index contributed by atoms with van der Waals surface area (Å²) in [5, 5.41) is 0. The first-order valence-corrected chi connectivity index (χ1v) is 4.01. The highest BCUT2D eigenvalue weighted by atomic mass is 13.6. The van der Waals surface area contributed by atoms with Gasteiger partial charge in [-0.1, -0.05) is 24.8 Å². The lowest BCUT2D eigenvalue weighted by Gasteiger charge is -1.61. The Hall–Kier alpha value is -2.02. The number of allylic oxidation sites excluding steroid dienone is 2. The van der Waals surface area contributed by atoms with Crippen molar-refractivity contribution in [1.82, 2.24) is 0 Å². The van der Waals surface area contributed by atoms with Crippen molar-refractivity contribution in [3.63, 3.8) is 0 Å². The van der Waals surface area contributed by atoms with Crippen LogP contribution in [-0.4, -0.2) is 0 Å². The van der Waals surface area contributed by atoms with E-state index in [4.69, 9.17) is 0 Å². The molecule has 0 spiro atoms. The molecule has 0 atom stereocenters. The van der Waals surface area contributed by atoms with Crippen molar-refractivity contribution < 1.29 is 0 Å². The van der Waals surface area contributed by atoms with Gasteiger partial charge in [0.1, 0.15) is 0 Å². The summed E-state index contributed by atoms with van der Waals surface area (Å²) in [4.78, 5) is 0. The second-order valence-corrected chi connectivity index (χ2v) is 1.92. The molecule has 0 aliphatic rings. The van der Waals surface area contributed by atoms with Crippen molar-refractivity contribution in [2.45, 2.75) is 20.3 Å². The van der Waals surface area contributed by atoms with Crippen molar-refractivity contribution >= 4 is 0 Å². The van der Waals surface area contributed by atoms with Gasteiger partial charge in [-0.05, 0) is 48.5 Å². The average molecular weight is 166 g/mol. The Bertz CT molecular complexity index is 392. The van der Waals surface area contributed by atoms with E-state index in [0.717, 1.165) is 6.42 Å². The molecule has 0 N–H and O–H groups in total. The highest BCUT2D eigenvalue weighted by molar-refractivity contribution is 5.40. The van der Waals surface area contributed by atoms with Crippen LogP contribution in [0.3, 0.4) is 0 Å². The van der Waals surface area contributed by atoms with Gasteiger partial charge in [0.15, 0.2) is 0 Å². The fourth-order valence-corrected chi connectivity index (χ4v) is 0.419. The van der Waals surface area contributed by atoms with Crippen molar-refractivity contribution in [2.75, 3.05) is 0 Å². The van der Waals surface area contributed by atoms with E-state index in [9.17, 15) is 0 Å². The van der Waals surface area contributed by atoms with E-state index in [-0.39, 0.29) is 0 Å². The van der Waals surface area contributed by atoms with Crippen LogP contribution in [0.4, 0.5) is 0 Å².